The molecule has 158 valence electrons. The van der Waals surface area contributed by atoms with Crippen LogP contribution in [0.15, 0.2) is 55.0 Å². The van der Waals surface area contributed by atoms with Crippen LogP contribution in [0.25, 0.3) is 22.3 Å². The zero-order valence-corrected chi connectivity index (χ0v) is 17.7. The van der Waals surface area contributed by atoms with Crippen molar-refractivity contribution in [1.29, 1.82) is 0 Å². The number of fused-ring (bicyclic) bond motifs is 1. The number of ether oxygens (including phenoxy) is 1. The van der Waals surface area contributed by atoms with Gasteiger partial charge in [0.2, 0.25) is 0 Å². The van der Waals surface area contributed by atoms with Crippen molar-refractivity contribution in [2.75, 3.05) is 18.6 Å². The van der Waals surface area contributed by atoms with E-state index in [1.807, 2.05) is 31.4 Å². The van der Waals surface area contributed by atoms with E-state index in [0.717, 1.165) is 45.8 Å². The third kappa shape index (κ3) is 4.09. The lowest BCUT2D eigenvalue weighted by Crippen LogP contribution is -2.20. The molecule has 0 amide bonds. The minimum absolute atomic E-state index is 0.279. The van der Waals surface area contributed by atoms with Crippen LogP contribution in [-0.2, 0) is 13.7 Å². The van der Waals surface area contributed by atoms with E-state index < -0.39 is 0 Å². The average Bonchev–Trinajstić information content (AvgIpc) is 3.53. The van der Waals surface area contributed by atoms with Gasteiger partial charge < -0.3 is 14.7 Å². The van der Waals surface area contributed by atoms with Crippen molar-refractivity contribution >= 4 is 22.4 Å². The molecule has 0 saturated heterocycles. The van der Waals surface area contributed by atoms with Gasteiger partial charge in [-0.3, -0.25) is 9.67 Å². The summed E-state index contributed by atoms with van der Waals surface area (Å²) in [6.07, 6.45) is 7.96. The molecule has 7 nitrogen and oxygen atoms in total. The number of nitrogens with zero attached hydrogens (tertiary/aromatic N) is 5. The topological polar surface area (TPSA) is 79.1 Å². The Morgan fingerprint density at radius 1 is 1.10 bits per heavy atom. The Kier molecular flexibility index (Phi) is 5.03. The highest BCUT2D eigenvalue weighted by atomic mass is 16.5. The number of aromatic nitrogens is 4. The fourth-order valence-electron chi connectivity index (χ4n) is 3.78. The Bertz CT molecular complexity index is 1210. The Morgan fingerprint density at radius 3 is 2.68 bits per heavy atom. The van der Waals surface area contributed by atoms with Gasteiger partial charge in [-0.05, 0) is 49.1 Å². The third-order valence-corrected chi connectivity index (χ3v) is 5.64. The van der Waals surface area contributed by atoms with E-state index in [-0.39, 0.29) is 6.61 Å². The van der Waals surface area contributed by atoms with Crippen LogP contribution >= 0.6 is 0 Å². The smallest absolute Gasteiger partial charge is 0.121 e. The third-order valence-electron chi connectivity index (χ3n) is 5.64. The molecule has 0 bridgehead atoms. The molecule has 1 saturated carbocycles. The lowest BCUT2D eigenvalue weighted by atomic mass is 10.1. The quantitative estimate of drug-likeness (QED) is 0.461. The maximum Gasteiger partial charge on any atom is 0.121 e. The van der Waals surface area contributed by atoms with E-state index in [1.165, 1.54) is 12.8 Å². The molecule has 0 atom stereocenters. The standard InChI is InChI=1S/C24H24N5O2/c1-28-14-18(11-26-28)24-12-25-22-6-5-19(10-23(22)27-24)29(13-16-3-4-16)20-7-17(15-30)8-21(9-20)31-2/h5-12,14,16H,3-4,13,15H2,1-2H3/q-1. The predicted molar refractivity (Wildman–Crippen MR) is 118 cm³/mol. The first-order chi connectivity index (χ1) is 15.1. The van der Waals surface area contributed by atoms with Crippen molar-refractivity contribution in [3.05, 3.63) is 60.6 Å². The fraction of sp³-hybridized carbons (Fsp3) is 0.292. The summed E-state index contributed by atoms with van der Waals surface area (Å²) < 4.78 is 7.20. The van der Waals surface area contributed by atoms with Crippen LogP contribution in [0.1, 0.15) is 18.4 Å². The molecule has 0 radical (unpaired) electrons. The van der Waals surface area contributed by atoms with Crippen LogP contribution < -0.4 is 14.7 Å². The maximum atomic E-state index is 11.6. The molecule has 1 aliphatic rings. The van der Waals surface area contributed by atoms with Crippen molar-refractivity contribution < 1.29 is 9.84 Å². The first-order valence-electron chi connectivity index (χ1n) is 10.4. The van der Waals surface area contributed by atoms with Gasteiger partial charge in [-0.15, -0.1) is 6.61 Å². The second-order valence-electron chi connectivity index (χ2n) is 8.07. The number of rotatable bonds is 7. The zero-order chi connectivity index (χ0) is 21.4. The van der Waals surface area contributed by atoms with Crippen LogP contribution in [0.4, 0.5) is 11.4 Å². The van der Waals surface area contributed by atoms with E-state index in [9.17, 15) is 5.11 Å². The minimum atomic E-state index is -0.279. The van der Waals surface area contributed by atoms with Crippen molar-refractivity contribution in [1.82, 2.24) is 19.7 Å². The first-order valence-corrected chi connectivity index (χ1v) is 10.4. The SMILES string of the molecule is COc1cc(C[O-])cc(N(CC2CC2)c2ccc3ncc(-c4cnn(C)c4)nc3c2)c1. The van der Waals surface area contributed by atoms with Crippen LogP contribution in [0.3, 0.4) is 0 Å². The molecule has 7 heteroatoms. The van der Waals surface area contributed by atoms with Crippen molar-refractivity contribution in [2.45, 2.75) is 19.4 Å². The lowest BCUT2D eigenvalue weighted by molar-refractivity contribution is -0.386. The van der Waals surface area contributed by atoms with Gasteiger partial charge >= 0.3 is 0 Å². The van der Waals surface area contributed by atoms with Gasteiger partial charge in [0.25, 0.3) is 0 Å². The van der Waals surface area contributed by atoms with Crippen molar-refractivity contribution in [3.63, 3.8) is 0 Å². The fourth-order valence-corrected chi connectivity index (χ4v) is 3.78. The molecule has 2 heterocycles. The summed E-state index contributed by atoms with van der Waals surface area (Å²) in [5, 5.41) is 15.8. The summed E-state index contributed by atoms with van der Waals surface area (Å²) >= 11 is 0. The van der Waals surface area contributed by atoms with Gasteiger partial charge in [0.05, 0.1) is 36.2 Å². The van der Waals surface area contributed by atoms with Crippen molar-refractivity contribution in [2.24, 2.45) is 13.0 Å². The van der Waals surface area contributed by atoms with Crippen LogP contribution in [0.5, 0.6) is 5.75 Å². The molecule has 2 aromatic heterocycles. The van der Waals surface area contributed by atoms with Crippen LogP contribution in [-0.4, -0.2) is 33.4 Å². The van der Waals surface area contributed by atoms with Gasteiger partial charge in [0, 0.05) is 42.8 Å². The number of benzene rings is 2. The Hall–Kier alpha value is -3.45. The van der Waals surface area contributed by atoms with Crippen molar-refractivity contribution in [3.8, 4) is 17.0 Å². The molecule has 0 N–H and O–H groups in total. The first kappa shape index (κ1) is 19.5. The van der Waals surface area contributed by atoms with E-state index in [2.05, 4.69) is 27.1 Å². The molecule has 1 aliphatic carbocycles. The largest absolute Gasteiger partial charge is 0.851 e. The van der Waals surface area contributed by atoms with Crippen LogP contribution in [0.2, 0.25) is 0 Å². The summed E-state index contributed by atoms with van der Waals surface area (Å²) in [7, 11) is 3.51. The van der Waals surface area contributed by atoms with Gasteiger partial charge in [-0.2, -0.15) is 5.10 Å². The predicted octanol–water partition coefficient (Wildman–Crippen LogP) is 3.45. The second kappa shape index (κ2) is 8.00. The van der Waals surface area contributed by atoms with Gasteiger partial charge in [-0.1, -0.05) is 5.56 Å². The summed E-state index contributed by atoms with van der Waals surface area (Å²) in [5.41, 5.74) is 6.11. The Balaban J connectivity index is 1.58. The highest BCUT2D eigenvalue weighted by Gasteiger charge is 2.26. The molecule has 2 aromatic carbocycles. The lowest BCUT2D eigenvalue weighted by Gasteiger charge is -2.27. The van der Waals surface area contributed by atoms with E-state index >= 15 is 0 Å². The van der Waals surface area contributed by atoms with E-state index in [1.54, 1.807) is 30.3 Å². The number of aryl methyl sites for hydroxylation is 1. The summed E-state index contributed by atoms with van der Waals surface area (Å²) in [6.45, 7) is 0.617. The molecule has 4 aromatic rings. The minimum Gasteiger partial charge on any atom is -0.851 e. The highest BCUT2D eigenvalue weighted by Crippen LogP contribution is 2.37. The Morgan fingerprint density at radius 2 is 1.97 bits per heavy atom. The van der Waals surface area contributed by atoms with E-state index in [0.29, 0.717) is 11.7 Å². The highest BCUT2D eigenvalue weighted by molar-refractivity contribution is 5.82. The van der Waals surface area contributed by atoms with Gasteiger partial charge in [-0.25, -0.2) is 4.98 Å². The zero-order valence-electron chi connectivity index (χ0n) is 17.7. The maximum absolute atomic E-state index is 11.6. The summed E-state index contributed by atoms with van der Waals surface area (Å²) in [6, 6.07) is 11.9. The molecule has 31 heavy (non-hydrogen) atoms. The normalized spacial score (nSPS) is 13.5. The van der Waals surface area contributed by atoms with Crippen LogP contribution in [0, 0.1) is 5.92 Å². The van der Waals surface area contributed by atoms with Gasteiger partial charge in [0.15, 0.2) is 0 Å². The summed E-state index contributed by atoms with van der Waals surface area (Å²) in [5.74, 6) is 1.36. The molecular formula is C24H24N5O2-. The summed E-state index contributed by atoms with van der Waals surface area (Å²) in [4.78, 5) is 11.7. The molecule has 5 rings (SSSR count). The van der Waals surface area contributed by atoms with E-state index in [4.69, 9.17) is 9.72 Å². The molecule has 0 spiro atoms. The number of methoxy groups -OCH3 is 1. The second-order valence-corrected chi connectivity index (χ2v) is 8.07. The number of hydrogen-bond donors (Lipinski definition) is 0. The molecular weight excluding hydrogens is 390 g/mol. The molecule has 0 aliphatic heterocycles. The monoisotopic (exact) mass is 414 g/mol. The number of anilines is 2. The molecule has 0 unspecified atom stereocenters. The average molecular weight is 414 g/mol. The Labute approximate surface area is 180 Å². The van der Waals surface area contributed by atoms with Gasteiger partial charge in [0.1, 0.15) is 5.75 Å². The molecule has 1 fully saturated rings. The number of hydrogen-bond acceptors (Lipinski definition) is 6.